The van der Waals surface area contributed by atoms with Crippen LogP contribution in [0.2, 0.25) is 0 Å². The summed E-state index contributed by atoms with van der Waals surface area (Å²) >= 11 is 0. The third-order valence-corrected chi connectivity index (χ3v) is 2.73. The monoisotopic (exact) mass is 256 g/mol. The average Bonchev–Trinajstić information content (AvgIpc) is 2.41. The van der Waals surface area contributed by atoms with Crippen LogP contribution in [0.5, 0.6) is 5.75 Å². The lowest BCUT2D eigenvalue weighted by Crippen LogP contribution is -1.96. The van der Waals surface area contributed by atoms with Crippen LogP contribution in [-0.4, -0.2) is 7.11 Å². The van der Waals surface area contributed by atoms with E-state index in [-0.39, 0.29) is 5.75 Å². The van der Waals surface area contributed by atoms with Gasteiger partial charge in [0.2, 0.25) is 0 Å². The first-order valence-corrected chi connectivity index (χ1v) is 5.75. The Morgan fingerprint density at radius 2 is 2.00 bits per heavy atom. The molecule has 0 aromatic heterocycles. The van der Waals surface area contributed by atoms with Crippen molar-refractivity contribution in [2.24, 2.45) is 0 Å². The van der Waals surface area contributed by atoms with Crippen LogP contribution in [0.3, 0.4) is 0 Å². The van der Waals surface area contributed by atoms with Gasteiger partial charge < -0.3 is 10.1 Å². The molecular formula is C15H13FN2O. The molecule has 0 aliphatic carbocycles. The van der Waals surface area contributed by atoms with Crippen LogP contribution in [0.25, 0.3) is 0 Å². The second-order valence-corrected chi connectivity index (χ2v) is 4.14. The van der Waals surface area contributed by atoms with E-state index in [0.29, 0.717) is 16.9 Å². The molecule has 19 heavy (non-hydrogen) atoms. The van der Waals surface area contributed by atoms with Gasteiger partial charge in [-0.3, -0.25) is 0 Å². The van der Waals surface area contributed by atoms with Crippen LogP contribution in [0.15, 0.2) is 36.4 Å². The summed E-state index contributed by atoms with van der Waals surface area (Å²) in [5.74, 6) is -0.256. The van der Waals surface area contributed by atoms with Crippen LogP contribution in [0.1, 0.15) is 11.1 Å². The third kappa shape index (κ3) is 2.83. The normalized spacial score (nSPS) is 9.79. The van der Waals surface area contributed by atoms with Gasteiger partial charge in [-0.05, 0) is 36.8 Å². The fourth-order valence-electron chi connectivity index (χ4n) is 1.75. The molecule has 0 radical (unpaired) electrons. The number of halogens is 1. The number of benzene rings is 2. The van der Waals surface area contributed by atoms with Crippen molar-refractivity contribution in [3.63, 3.8) is 0 Å². The molecule has 0 amide bonds. The number of nitrogens with zero attached hydrogens (tertiary/aromatic N) is 1. The highest BCUT2D eigenvalue weighted by Gasteiger charge is 2.06. The molecular weight excluding hydrogens is 243 g/mol. The highest BCUT2D eigenvalue weighted by molar-refractivity contribution is 5.68. The predicted octanol–water partition coefficient (Wildman–Crippen LogP) is 3.76. The molecule has 0 bridgehead atoms. The minimum Gasteiger partial charge on any atom is -0.494 e. The molecule has 2 aromatic rings. The van der Waals surface area contributed by atoms with Crippen LogP contribution in [-0.2, 0) is 0 Å². The van der Waals surface area contributed by atoms with Gasteiger partial charge in [0.1, 0.15) is 6.07 Å². The molecule has 96 valence electrons. The van der Waals surface area contributed by atoms with Gasteiger partial charge in [-0.25, -0.2) is 4.39 Å². The van der Waals surface area contributed by atoms with Crippen LogP contribution >= 0.6 is 0 Å². The van der Waals surface area contributed by atoms with Crippen molar-refractivity contribution in [1.29, 1.82) is 5.26 Å². The number of anilines is 2. The lowest BCUT2D eigenvalue weighted by molar-refractivity contribution is 0.387. The Labute approximate surface area is 111 Å². The fraction of sp³-hybridized carbons (Fsp3) is 0.133. The second kappa shape index (κ2) is 5.40. The summed E-state index contributed by atoms with van der Waals surface area (Å²) in [6, 6.07) is 12.1. The Balaban J connectivity index is 2.36. The van der Waals surface area contributed by atoms with Crippen molar-refractivity contribution in [3.05, 3.63) is 53.3 Å². The zero-order chi connectivity index (χ0) is 13.8. The Morgan fingerprint density at radius 3 is 2.68 bits per heavy atom. The number of hydrogen-bond donors (Lipinski definition) is 1. The molecule has 0 aliphatic rings. The second-order valence-electron chi connectivity index (χ2n) is 4.14. The fourth-order valence-corrected chi connectivity index (χ4v) is 1.75. The van der Waals surface area contributed by atoms with Crippen molar-refractivity contribution in [2.75, 3.05) is 12.4 Å². The molecule has 2 aromatic carbocycles. The smallest absolute Gasteiger partial charge is 0.165 e. The average molecular weight is 256 g/mol. The van der Waals surface area contributed by atoms with Crippen molar-refractivity contribution in [2.45, 2.75) is 6.92 Å². The number of aryl methyl sites for hydroxylation is 1. The molecule has 0 spiro atoms. The number of rotatable bonds is 3. The van der Waals surface area contributed by atoms with Gasteiger partial charge in [-0.2, -0.15) is 5.26 Å². The molecule has 0 unspecified atom stereocenters. The zero-order valence-corrected chi connectivity index (χ0v) is 10.7. The molecule has 2 rings (SSSR count). The largest absolute Gasteiger partial charge is 0.494 e. The third-order valence-electron chi connectivity index (χ3n) is 2.73. The first-order chi connectivity index (χ1) is 9.13. The van der Waals surface area contributed by atoms with Crippen LogP contribution < -0.4 is 10.1 Å². The molecule has 0 aliphatic heterocycles. The first kappa shape index (κ1) is 12.9. The summed E-state index contributed by atoms with van der Waals surface area (Å²) in [7, 11) is 1.41. The van der Waals surface area contributed by atoms with E-state index < -0.39 is 5.82 Å². The Morgan fingerprint density at radius 1 is 1.21 bits per heavy atom. The lowest BCUT2D eigenvalue weighted by atomic mass is 10.1. The van der Waals surface area contributed by atoms with Crippen molar-refractivity contribution in [1.82, 2.24) is 0 Å². The van der Waals surface area contributed by atoms with Crippen LogP contribution in [0, 0.1) is 24.1 Å². The molecule has 4 heteroatoms. The Kier molecular flexibility index (Phi) is 3.67. The van der Waals surface area contributed by atoms with E-state index in [9.17, 15) is 4.39 Å². The summed E-state index contributed by atoms with van der Waals surface area (Å²) in [6.45, 7) is 1.94. The van der Waals surface area contributed by atoms with Gasteiger partial charge in [0, 0.05) is 11.8 Å². The summed E-state index contributed by atoms with van der Waals surface area (Å²) in [4.78, 5) is 0. The number of ether oxygens (including phenoxy) is 1. The van der Waals surface area contributed by atoms with Crippen molar-refractivity contribution >= 4 is 11.4 Å². The lowest BCUT2D eigenvalue weighted by Gasteiger charge is -2.10. The van der Waals surface area contributed by atoms with Gasteiger partial charge in [0.15, 0.2) is 11.6 Å². The molecule has 3 nitrogen and oxygen atoms in total. The van der Waals surface area contributed by atoms with E-state index in [2.05, 4.69) is 11.4 Å². The Bertz CT molecular complexity index is 647. The van der Waals surface area contributed by atoms with Crippen molar-refractivity contribution in [3.8, 4) is 11.8 Å². The Hall–Kier alpha value is -2.54. The SMILES string of the molecule is COc1cc(Nc2cc(C)ccc2C#N)ccc1F. The molecule has 0 saturated heterocycles. The van der Waals surface area contributed by atoms with Gasteiger partial charge in [0.05, 0.1) is 18.4 Å². The van der Waals surface area contributed by atoms with E-state index in [0.717, 1.165) is 5.56 Å². The summed E-state index contributed by atoms with van der Waals surface area (Å²) in [6.07, 6.45) is 0. The molecule has 0 atom stereocenters. The number of hydrogen-bond acceptors (Lipinski definition) is 3. The summed E-state index contributed by atoms with van der Waals surface area (Å²) in [5.41, 5.74) is 2.93. The highest BCUT2D eigenvalue weighted by Crippen LogP contribution is 2.26. The van der Waals surface area contributed by atoms with E-state index in [1.165, 1.54) is 13.2 Å². The maximum atomic E-state index is 13.3. The molecule has 1 N–H and O–H groups in total. The quantitative estimate of drug-likeness (QED) is 0.909. The topological polar surface area (TPSA) is 45.0 Å². The highest BCUT2D eigenvalue weighted by atomic mass is 19.1. The van der Waals surface area contributed by atoms with Crippen LogP contribution in [0.4, 0.5) is 15.8 Å². The summed E-state index contributed by atoms with van der Waals surface area (Å²) < 4.78 is 18.2. The minimum atomic E-state index is -0.419. The molecule has 0 saturated carbocycles. The first-order valence-electron chi connectivity index (χ1n) is 5.75. The van der Waals surface area contributed by atoms with E-state index in [4.69, 9.17) is 10.00 Å². The number of nitriles is 1. The van der Waals surface area contributed by atoms with Gasteiger partial charge >= 0.3 is 0 Å². The molecule has 0 heterocycles. The number of nitrogens with one attached hydrogen (secondary N) is 1. The maximum Gasteiger partial charge on any atom is 0.165 e. The zero-order valence-electron chi connectivity index (χ0n) is 10.7. The van der Waals surface area contributed by atoms with Crippen molar-refractivity contribution < 1.29 is 9.13 Å². The maximum absolute atomic E-state index is 13.3. The standard InChI is InChI=1S/C15H13FN2O/c1-10-3-4-11(9-17)14(7-10)18-12-5-6-13(16)15(8-12)19-2/h3-8,18H,1-2H3. The van der Waals surface area contributed by atoms with Gasteiger partial charge in [0.25, 0.3) is 0 Å². The predicted molar refractivity (Wildman–Crippen MR) is 72.1 cm³/mol. The molecule has 0 fully saturated rings. The number of methoxy groups -OCH3 is 1. The van der Waals surface area contributed by atoms with E-state index in [1.54, 1.807) is 18.2 Å². The van der Waals surface area contributed by atoms with Gasteiger partial charge in [-0.15, -0.1) is 0 Å². The van der Waals surface area contributed by atoms with E-state index >= 15 is 0 Å². The minimum absolute atomic E-state index is 0.163. The van der Waals surface area contributed by atoms with E-state index in [1.807, 2.05) is 19.1 Å². The summed E-state index contributed by atoms with van der Waals surface area (Å²) in [5, 5.41) is 12.2. The van der Waals surface area contributed by atoms with Gasteiger partial charge in [-0.1, -0.05) is 6.07 Å².